The van der Waals surface area contributed by atoms with Gasteiger partial charge in [0.15, 0.2) is 5.78 Å². The van der Waals surface area contributed by atoms with E-state index < -0.39 is 0 Å². The second kappa shape index (κ2) is 5.97. The lowest BCUT2D eigenvalue weighted by atomic mass is 10.2. The summed E-state index contributed by atoms with van der Waals surface area (Å²) in [6.07, 6.45) is 6.37. The molecular weight excluding hydrogens is 264 g/mol. The van der Waals surface area contributed by atoms with Crippen LogP contribution in [0.25, 0.3) is 0 Å². The summed E-state index contributed by atoms with van der Waals surface area (Å²) in [7, 11) is 0. The fourth-order valence-electron chi connectivity index (χ4n) is 1.84. The SMILES string of the molecule is CCCCNc1sc(C(=O)C2CC2)c(N)c1SC. The smallest absolute Gasteiger partial charge is 0.178 e. The van der Waals surface area contributed by atoms with Crippen molar-refractivity contribution in [3.63, 3.8) is 0 Å². The van der Waals surface area contributed by atoms with Crippen LogP contribution in [-0.4, -0.2) is 18.6 Å². The molecule has 0 radical (unpaired) electrons. The largest absolute Gasteiger partial charge is 0.396 e. The highest BCUT2D eigenvalue weighted by Crippen LogP contribution is 2.45. The van der Waals surface area contributed by atoms with Crippen LogP contribution in [0.2, 0.25) is 0 Å². The maximum Gasteiger partial charge on any atom is 0.178 e. The van der Waals surface area contributed by atoms with Crippen LogP contribution >= 0.6 is 23.1 Å². The number of Topliss-reactive ketones (excluding diaryl/α,β-unsaturated/α-hetero) is 1. The third-order valence-corrected chi connectivity index (χ3v) is 5.23. The summed E-state index contributed by atoms with van der Waals surface area (Å²) in [6, 6.07) is 0. The van der Waals surface area contributed by atoms with E-state index in [-0.39, 0.29) is 11.7 Å². The Morgan fingerprint density at radius 2 is 2.28 bits per heavy atom. The van der Waals surface area contributed by atoms with Crippen LogP contribution < -0.4 is 11.1 Å². The first-order chi connectivity index (χ1) is 8.69. The molecule has 0 unspecified atom stereocenters. The fraction of sp³-hybridized carbons (Fsp3) is 0.615. The first kappa shape index (κ1) is 13.7. The molecular formula is C13H20N2OS2. The van der Waals surface area contributed by atoms with Crippen molar-refractivity contribution in [2.75, 3.05) is 23.9 Å². The summed E-state index contributed by atoms with van der Waals surface area (Å²) < 4.78 is 0. The average molecular weight is 284 g/mol. The van der Waals surface area contributed by atoms with Crippen molar-refractivity contribution < 1.29 is 4.79 Å². The van der Waals surface area contributed by atoms with Gasteiger partial charge in [-0.05, 0) is 25.5 Å². The topological polar surface area (TPSA) is 55.1 Å². The van der Waals surface area contributed by atoms with Gasteiger partial charge in [-0.3, -0.25) is 4.79 Å². The molecule has 100 valence electrons. The molecule has 1 heterocycles. The van der Waals surface area contributed by atoms with Gasteiger partial charge in [0.05, 0.1) is 15.5 Å². The molecule has 0 saturated heterocycles. The zero-order valence-corrected chi connectivity index (χ0v) is 12.5. The molecule has 3 nitrogen and oxygen atoms in total. The van der Waals surface area contributed by atoms with Crippen molar-refractivity contribution in [1.82, 2.24) is 0 Å². The lowest BCUT2D eigenvalue weighted by Crippen LogP contribution is -2.02. The van der Waals surface area contributed by atoms with Crippen LogP contribution in [0, 0.1) is 5.92 Å². The summed E-state index contributed by atoms with van der Waals surface area (Å²) in [5.41, 5.74) is 6.80. The molecule has 1 saturated carbocycles. The number of anilines is 2. The van der Waals surface area contributed by atoms with E-state index in [9.17, 15) is 4.79 Å². The second-order valence-electron chi connectivity index (χ2n) is 4.63. The second-order valence-corrected chi connectivity index (χ2v) is 6.46. The van der Waals surface area contributed by atoms with E-state index in [1.807, 2.05) is 6.26 Å². The Morgan fingerprint density at radius 3 is 2.83 bits per heavy atom. The maximum atomic E-state index is 12.1. The van der Waals surface area contributed by atoms with Crippen LogP contribution in [0.15, 0.2) is 4.90 Å². The molecule has 18 heavy (non-hydrogen) atoms. The lowest BCUT2D eigenvalue weighted by molar-refractivity contribution is 0.0972. The van der Waals surface area contributed by atoms with Gasteiger partial charge in [0.25, 0.3) is 0 Å². The number of ketones is 1. The first-order valence-electron chi connectivity index (χ1n) is 6.43. The molecule has 1 aromatic rings. The number of carbonyl (C=O) groups is 1. The number of nitrogen functional groups attached to an aromatic ring is 1. The van der Waals surface area contributed by atoms with Crippen LogP contribution in [0.5, 0.6) is 0 Å². The zero-order valence-electron chi connectivity index (χ0n) is 10.9. The standard InChI is InChI=1S/C13H20N2OS2/c1-3-4-7-15-13-12(17-2)9(14)11(18-13)10(16)8-5-6-8/h8,15H,3-7,14H2,1-2H3. The van der Waals surface area contributed by atoms with Crippen LogP contribution in [0.1, 0.15) is 42.3 Å². The molecule has 3 N–H and O–H groups in total. The van der Waals surface area contributed by atoms with Crippen molar-refractivity contribution >= 4 is 39.6 Å². The van der Waals surface area contributed by atoms with Crippen molar-refractivity contribution in [2.45, 2.75) is 37.5 Å². The minimum absolute atomic E-state index is 0.240. The van der Waals surface area contributed by atoms with E-state index in [4.69, 9.17) is 5.73 Å². The summed E-state index contributed by atoms with van der Waals surface area (Å²) in [4.78, 5) is 13.9. The summed E-state index contributed by atoms with van der Waals surface area (Å²) in [6.45, 7) is 3.11. The number of hydrogen-bond donors (Lipinski definition) is 2. The van der Waals surface area contributed by atoms with Crippen molar-refractivity contribution in [3.05, 3.63) is 4.88 Å². The molecule has 1 aromatic heterocycles. The Morgan fingerprint density at radius 1 is 1.56 bits per heavy atom. The molecule has 1 aliphatic rings. The average Bonchev–Trinajstić information content (AvgIpc) is 3.15. The number of hydrogen-bond acceptors (Lipinski definition) is 5. The quantitative estimate of drug-likeness (QED) is 0.453. The highest BCUT2D eigenvalue weighted by molar-refractivity contribution is 7.99. The highest BCUT2D eigenvalue weighted by Gasteiger charge is 2.33. The van der Waals surface area contributed by atoms with E-state index in [2.05, 4.69) is 12.2 Å². The monoisotopic (exact) mass is 284 g/mol. The number of thioether (sulfide) groups is 1. The predicted molar refractivity (Wildman–Crippen MR) is 81.0 cm³/mol. The van der Waals surface area contributed by atoms with Gasteiger partial charge in [0, 0.05) is 12.5 Å². The van der Waals surface area contributed by atoms with E-state index >= 15 is 0 Å². The third kappa shape index (κ3) is 2.83. The molecule has 0 amide bonds. The van der Waals surface area contributed by atoms with Gasteiger partial charge in [-0.15, -0.1) is 23.1 Å². The Labute approximate surface area is 117 Å². The van der Waals surface area contributed by atoms with Crippen molar-refractivity contribution in [3.8, 4) is 0 Å². The summed E-state index contributed by atoms with van der Waals surface area (Å²) in [5.74, 6) is 0.487. The van der Waals surface area contributed by atoms with Crippen LogP contribution in [-0.2, 0) is 0 Å². The van der Waals surface area contributed by atoms with Gasteiger partial charge >= 0.3 is 0 Å². The van der Waals surface area contributed by atoms with E-state index in [0.717, 1.165) is 47.0 Å². The predicted octanol–water partition coefficient (Wildman–Crippen LogP) is 3.86. The van der Waals surface area contributed by atoms with Gasteiger partial charge in [0.1, 0.15) is 5.00 Å². The van der Waals surface area contributed by atoms with Crippen LogP contribution in [0.4, 0.5) is 10.7 Å². The van der Waals surface area contributed by atoms with Gasteiger partial charge in [0.2, 0.25) is 0 Å². The molecule has 0 aliphatic heterocycles. The Hall–Kier alpha value is -0.680. The first-order valence-corrected chi connectivity index (χ1v) is 8.47. The molecule has 0 spiro atoms. The molecule has 1 fully saturated rings. The zero-order chi connectivity index (χ0) is 13.1. The molecule has 1 aliphatic carbocycles. The number of carbonyl (C=O) groups excluding carboxylic acids is 1. The minimum atomic E-state index is 0.240. The Bertz CT molecular complexity index is 438. The molecule has 0 bridgehead atoms. The number of unbranched alkanes of at least 4 members (excludes halogenated alkanes) is 1. The molecule has 0 aromatic carbocycles. The van der Waals surface area contributed by atoms with Gasteiger partial charge in [-0.2, -0.15) is 0 Å². The molecule has 5 heteroatoms. The van der Waals surface area contributed by atoms with Gasteiger partial charge in [-0.25, -0.2) is 0 Å². The minimum Gasteiger partial charge on any atom is -0.396 e. The van der Waals surface area contributed by atoms with E-state index in [1.165, 1.54) is 11.3 Å². The Kier molecular flexibility index (Phi) is 4.56. The number of nitrogens with two attached hydrogens (primary N) is 1. The number of nitrogens with one attached hydrogen (secondary N) is 1. The Balaban J connectivity index is 2.17. The van der Waals surface area contributed by atoms with Crippen LogP contribution in [0.3, 0.4) is 0 Å². The summed E-state index contributed by atoms with van der Waals surface area (Å²) >= 11 is 3.15. The third-order valence-electron chi connectivity index (χ3n) is 3.09. The van der Waals surface area contributed by atoms with E-state index in [0.29, 0.717) is 5.69 Å². The number of rotatable bonds is 7. The maximum absolute atomic E-state index is 12.1. The summed E-state index contributed by atoms with van der Waals surface area (Å²) in [5, 5.41) is 4.47. The van der Waals surface area contributed by atoms with Gasteiger partial charge < -0.3 is 11.1 Å². The van der Waals surface area contributed by atoms with E-state index in [1.54, 1.807) is 11.8 Å². The normalized spacial score (nSPS) is 14.8. The molecule has 2 rings (SSSR count). The van der Waals surface area contributed by atoms with Crippen molar-refractivity contribution in [1.29, 1.82) is 0 Å². The lowest BCUT2D eigenvalue weighted by Gasteiger charge is -2.04. The van der Waals surface area contributed by atoms with Crippen molar-refractivity contribution in [2.24, 2.45) is 5.92 Å². The fourth-order valence-corrected chi connectivity index (χ4v) is 3.92. The highest BCUT2D eigenvalue weighted by atomic mass is 32.2. The number of thiophene rings is 1. The molecule has 0 atom stereocenters. The van der Waals surface area contributed by atoms with Gasteiger partial charge in [-0.1, -0.05) is 13.3 Å².